The smallest absolute Gasteiger partial charge is 0.251 e. The Bertz CT molecular complexity index is 1690. The Morgan fingerprint density at radius 1 is 0.951 bits per heavy atom. The number of fused-ring (bicyclic) bond motifs is 2. The second-order valence-corrected chi connectivity index (χ2v) is 9.48. The van der Waals surface area contributed by atoms with Crippen molar-refractivity contribution in [1.29, 1.82) is 0 Å². The molecule has 10 nitrogen and oxygen atoms in total. The summed E-state index contributed by atoms with van der Waals surface area (Å²) in [6.45, 7) is 0.196. The molecule has 0 unspecified atom stereocenters. The Hall–Kier alpha value is -5.38. The standard InChI is InChI=1S/C31H27N5O5/c1-39-24-14-11-21(12-15-24)18-35(29(37)19-36-26-10-6-5-9-25(26)33-34-36)30(22-7-3-2-4-8-22)31(38)32-23-13-16-27-28(17-23)41-20-40-27/h2-17,30H,18-20H2,1H3,(H,32,38)/t30-/m1/s1. The van der Waals surface area contributed by atoms with Crippen LogP contribution in [-0.2, 0) is 22.7 Å². The Morgan fingerprint density at radius 3 is 2.51 bits per heavy atom. The van der Waals surface area contributed by atoms with Gasteiger partial charge in [0.25, 0.3) is 5.91 Å². The third-order valence-corrected chi connectivity index (χ3v) is 6.85. The minimum atomic E-state index is -0.953. The summed E-state index contributed by atoms with van der Waals surface area (Å²) in [4.78, 5) is 29.7. The van der Waals surface area contributed by atoms with Gasteiger partial charge < -0.3 is 24.4 Å². The normalized spacial score (nSPS) is 12.6. The van der Waals surface area contributed by atoms with Crippen molar-refractivity contribution in [2.45, 2.75) is 19.1 Å². The van der Waals surface area contributed by atoms with Crippen LogP contribution < -0.4 is 19.5 Å². The summed E-state index contributed by atoms with van der Waals surface area (Å²) in [5, 5.41) is 11.4. The zero-order valence-corrected chi connectivity index (χ0v) is 22.3. The molecule has 0 radical (unpaired) electrons. The molecular weight excluding hydrogens is 522 g/mol. The number of amides is 2. The Kier molecular flexibility index (Phi) is 7.19. The highest BCUT2D eigenvalue weighted by molar-refractivity contribution is 5.98. The van der Waals surface area contributed by atoms with Gasteiger partial charge in [0.05, 0.1) is 12.6 Å². The van der Waals surface area contributed by atoms with Crippen molar-refractivity contribution < 1.29 is 23.8 Å². The SMILES string of the molecule is COc1ccc(CN(C(=O)Cn2nnc3ccccc32)[C@@H](C(=O)Nc2ccc3c(c2)OCO3)c2ccccc2)cc1. The number of nitrogens with one attached hydrogen (secondary N) is 1. The maximum Gasteiger partial charge on any atom is 0.251 e. The van der Waals surface area contributed by atoms with Gasteiger partial charge in [-0.2, -0.15) is 0 Å². The molecule has 1 N–H and O–H groups in total. The summed E-state index contributed by atoms with van der Waals surface area (Å²) >= 11 is 0. The Morgan fingerprint density at radius 2 is 1.71 bits per heavy atom. The number of para-hydroxylation sites is 1. The second-order valence-electron chi connectivity index (χ2n) is 9.48. The number of rotatable bonds is 9. The highest BCUT2D eigenvalue weighted by Gasteiger charge is 2.32. The van der Waals surface area contributed by atoms with Crippen molar-refractivity contribution in [2.75, 3.05) is 19.2 Å². The molecule has 0 saturated carbocycles. The molecule has 0 bridgehead atoms. The molecule has 1 aromatic heterocycles. The van der Waals surface area contributed by atoms with Crippen LogP contribution in [0.25, 0.3) is 11.0 Å². The third-order valence-electron chi connectivity index (χ3n) is 6.85. The van der Waals surface area contributed by atoms with Gasteiger partial charge in [-0.15, -0.1) is 5.10 Å². The van der Waals surface area contributed by atoms with Gasteiger partial charge in [0.15, 0.2) is 11.5 Å². The summed E-state index contributed by atoms with van der Waals surface area (Å²) in [5.74, 6) is 1.18. The van der Waals surface area contributed by atoms with Crippen LogP contribution in [0.5, 0.6) is 17.2 Å². The molecule has 6 rings (SSSR count). The average molecular weight is 550 g/mol. The molecule has 1 aliphatic heterocycles. The average Bonchev–Trinajstić information content (AvgIpc) is 3.64. The molecule has 0 aliphatic carbocycles. The van der Waals surface area contributed by atoms with E-state index in [0.717, 1.165) is 11.1 Å². The number of hydrogen-bond donors (Lipinski definition) is 1. The number of methoxy groups -OCH3 is 1. The van der Waals surface area contributed by atoms with E-state index in [-0.39, 0.29) is 31.7 Å². The first-order valence-corrected chi connectivity index (χ1v) is 13.0. The summed E-state index contributed by atoms with van der Waals surface area (Å²) in [5.41, 5.74) is 3.43. The minimum Gasteiger partial charge on any atom is -0.497 e. The maximum absolute atomic E-state index is 14.1. The van der Waals surface area contributed by atoms with Crippen LogP contribution in [-0.4, -0.2) is 45.6 Å². The number of carbonyl (C=O) groups is 2. The van der Waals surface area contributed by atoms with Gasteiger partial charge >= 0.3 is 0 Å². The maximum atomic E-state index is 14.1. The summed E-state index contributed by atoms with van der Waals surface area (Å²) < 4.78 is 17.7. The van der Waals surface area contributed by atoms with Crippen LogP contribution in [0.3, 0.4) is 0 Å². The van der Waals surface area contributed by atoms with Crippen LogP contribution in [0.15, 0.2) is 97.1 Å². The highest BCUT2D eigenvalue weighted by Crippen LogP contribution is 2.35. The molecule has 0 spiro atoms. The van der Waals surface area contributed by atoms with E-state index in [1.807, 2.05) is 78.9 Å². The monoisotopic (exact) mass is 549 g/mol. The van der Waals surface area contributed by atoms with E-state index in [9.17, 15) is 9.59 Å². The van der Waals surface area contributed by atoms with Gasteiger partial charge in [-0.05, 0) is 47.5 Å². The lowest BCUT2D eigenvalue weighted by Gasteiger charge is -2.31. The Labute approximate surface area is 236 Å². The zero-order chi connectivity index (χ0) is 28.2. The van der Waals surface area contributed by atoms with Crippen molar-refractivity contribution >= 4 is 28.5 Å². The summed E-state index contributed by atoms with van der Waals surface area (Å²) in [6.07, 6.45) is 0. The second kappa shape index (κ2) is 11.4. The molecule has 0 saturated heterocycles. The van der Waals surface area contributed by atoms with Crippen LogP contribution >= 0.6 is 0 Å². The van der Waals surface area contributed by atoms with E-state index in [1.54, 1.807) is 34.9 Å². The number of hydrogen-bond acceptors (Lipinski definition) is 7. The van der Waals surface area contributed by atoms with Crippen LogP contribution in [0.2, 0.25) is 0 Å². The molecule has 1 aliphatic rings. The lowest BCUT2D eigenvalue weighted by Crippen LogP contribution is -2.42. The van der Waals surface area contributed by atoms with Crippen LogP contribution in [0.1, 0.15) is 17.2 Å². The van der Waals surface area contributed by atoms with Gasteiger partial charge in [0.1, 0.15) is 23.9 Å². The zero-order valence-electron chi connectivity index (χ0n) is 22.3. The molecule has 2 amide bonds. The number of aromatic nitrogens is 3. The van der Waals surface area contributed by atoms with Crippen LogP contribution in [0.4, 0.5) is 5.69 Å². The van der Waals surface area contributed by atoms with Crippen molar-refractivity contribution in [3.05, 3.63) is 108 Å². The first-order chi connectivity index (χ1) is 20.1. The van der Waals surface area contributed by atoms with Gasteiger partial charge in [0.2, 0.25) is 12.7 Å². The van der Waals surface area contributed by atoms with Crippen molar-refractivity contribution in [1.82, 2.24) is 19.9 Å². The molecule has 10 heteroatoms. The first-order valence-electron chi connectivity index (χ1n) is 13.0. The highest BCUT2D eigenvalue weighted by atomic mass is 16.7. The number of nitrogens with zero attached hydrogens (tertiary/aromatic N) is 4. The predicted molar refractivity (Wildman–Crippen MR) is 151 cm³/mol. The molecule has 41 heavy (non-hydrogen) atoms. The molecule has 2 heterocycles. The van der Waals surface area contributed by atoms with E-state index in [2.05, 4.69) is 15.6 Å². The quantitative estimate of drug-likeness (QED) is 0.287. The lowest BCUT2D eigenvalue weighted by atomic mass is 10.0. The first kappa shape index (κ1) is 25.9. The lowest BCUT2D eigenvalue weighted by molar-refractivity contribution is -0.140. The molecule has 1 atom stereocenters. The van der Waals surface area contributed by atoms with Gasteiger partial charge in [-0.25, -0.2) is 4.68 Å². The van der Waals surface area contributed by atoms with Crippen LogP contribution in [0, 0.1) is 0 Å². The number of ether oxygens (including phenoxy) is 3. The minimum absolute atomic E-state index is 0.0999. The van der Waals surface area contributed by atoms with E-state index in [1.165, 1.54) is 0 Å². The number of anilines is 1. The fraction of sp³-hybridized carbons (Fsp3) is 0.161. The number of carbonyl (C=O) groups excluding carboxylic acids is 2. The molecule has 0 fully saturated rings. The fourth-order valence-corrected chi connectivity index (χ4v) is 4.80. The summed E-state index contributed by atoms with van der Waals surface area (Å²) in [7, 11) is 1.60. The van der Waals surface area contributed by atoms with Crippen molar-refractivity contribution in [2.24, 2.45) is 0 Å². The third kappa shape index (κ3) is 5.53. The Balaban J connectivity index is 1.37. The molecular formula is C31H27N5O5. The van der Waals surface area contributed by atoms with Crippen molar-refractivity contribution in [3.63, 3.8) is 0 Å². The predicted octanol–water partition coefficient (Wildman–Crippen LogP) is 4.58. The van der Waals surface area contributed by atoms with E-state index >= 15 is 0 Å². The molecule has 5 aromatic rings. The fourth-order valence-electron chi connectivity index (χ4n) is 4.80. The topological polar surface area (TPSA) is 108 Å². The van der Waals surface area contributed by atoms with Gasteiger partial charge in [-0.3, -0.25) is 9.59 Å². The molecule has 4 aromatic carbocycles. The largest absolute Gasteiger partial charge is 0.497 e. The van der Waals surface area contributed by atoms with Gasteiger partial charge in [-0.1, -0.05) is 59.8 Å². The van der Waals surface area contributed by atoms with E-state index < -0.39 is 6.04 Å². The van der Waals surface area contributed by atoms with E-state index in [4.69, 9.17) is 14.2 Å². The molecule has 206 valence electrons. The van der Waals surface area contributed by atoms with Gasteiger partial charge in [0, 0.05) is 18.3 Å². The van der Waals surface area contributed by atoms with E-state index in [0.29, 0.717) is 34.0 Å². The van der Waals surface area contributed by atoms with Crippen molar-refractivity contribution in [3.8, 4) is 17.2 Å². The summed E-state index contributed by atoms with van der Waals surface area (Å²) in [6, 6.07) is 28.3. The number of benzene rings is 4.